The Hall–Kier alpha value is -1.32. The number of aliphatic carboxylic acids is 1. The third kappa shape index (κ3) is 3.18. The predicted octanol–water partition coefficient (Wildman–Crippen LogP) is 0.938. The van der Waals surface area contributed by atoms with Gasteiger partial charge in [-0.05, 0) is 12.8 Å². The number of unbranched alkanes of at least 4 members (excludes halogenated alkanes) is 1. The van der Waals surface area contributed by atoms with Crippen molar-refractivity contribution in [3.63, 3.8) is 0 Å². The second-order valence-electron chi connectivity index (χ2n) is 2.55. The minimum absolute atomic E-state index is 0.241. The van der Waals surface area contributed by atoms with E-state index in [1.807, 2.05) is 0 Å². The molecule has 1 radical (unpaired) electrons. The van der Waals surface area contributed by atoms with E-state index in [4.69, 9.17) is 5.11 Å². The minimum atomic E-state index is -0.734. The maximum atomic E-state index is 10.1. The van der Waals surface area contributed by atoms with Crippen LogP contribution in [0.25, 0.3) is 0 Å². The fourth-order valence-electron chi connectivity index (χ4n) is 0.933. The van der Waals surface area contributed by atoms with Crippen molar-refractivity contribution in [2.24, 2.45) is 0 Å². The third-order valence-electron chi connectivity index (χ3n) is 1.53. The lowest BCUT2D eigenvalue weighted by molar-refractivity contribution is -0.137. The molecule has 12 heavy (non-hydrogen) atoms. The molecule has 1 N–H and O–H groups in total. The zero-order chi connectivity index (χ0) is 8.81. The van der Waals surface area contributed by atoms with Crippen molar-refractivity contribution in [3.05, 3.63) is 18.5 Å². The first kappa shape index (κ1) is 8.77. The van der Waals surface area contributed by atoms with Crippen LogP contribution in [0, 0.1) is 6.07 Å². The Balaban J connectivity index is 2.07. The lowest BCUT2D eigenvalue weighted by Gasteiger charge is -1.98. The minimum Gasteiger partial charge on any atom is -0.481 e. The van der Waals surface area contributed by atoms with Gasteiger partial charge in [-0.15, -0.1) is 0 Å². The van der Waals surface area contributed by atoms with Gasteiger partial charge in [0, 0.05) is 25.2 Å². The summed E-state index contributed by atoms with van der Waals surface area (Å²) in [5.74, 6) is -0.734. The van der Waals surface area contributed by atoms with Gasteiger partial charge in [-0.2, -0.15) is 5.10 Å². The van der Waals surface area contributed by atoms with Crippen molar-refractivity contribution in [1.29, 1.82) is 0 Å². The number of carbonyl (C=O) groups is 1. The Morgan fingerprint density at radius 2 is 2.42 bits per heavy atom. The standard InChI is InChI=1S/C8H11N2O2/c11-8(12)4-1-2-6-10-7-3-5-9-10/h5,7H,1-2,4,6H2,(H,11,12). The van der Waals surface area contributed by atoms with Gasteiger partial charge in [-0.25, -0.2) is 0 Å². The fraction of sp³-hybridized carbons (Fsp3) is 0.500. The molecular formula is C8H11N2O2. The van der Waals surface area contributed by atoms with Crippen molar-refractivity contribution >= 4 is 5.97 Å². The van der Waals surface area contributed by atoms with Crippen LogP contribution in [0.15, 0.2) is 12.4 Å². The molecule has 0 saturated heterocycles. The van der Waals surface area contributed by atoms with Gasteiger partial charge < -0.3 is 5.11 Å². The molecule has 0 unspecified atom stereocenters. The molecule has 1 aromatic heterocycles. The number of rotatable bonds is 5. The SMILES string of the molecule is O=C(O)CCCCn1c[c]cn1. The Morgan fingerprint density at radius 1 is 1.58 bits per heavy atom. The number of carboxylic acids is 1. The second kappa shape index (κ2) is 4.54. The van der Waals surface area contributed by atoms with E-state index in [2.05, 4.69) is 11.2 Å². The van der Waals surface area contributed by atoms with Crippen LogP contribution in [0.3, 0.4) is 0 Å². The molecule has 65 valence electrons. The van der Waals surface area contributed by atoms with Crippen LogP contribution in [0.5, 0.6) is 0 Å². The van der Waals surface area contributed by atoms with Gasteiger partial charge >= 0.3 is 5.97 Å². The number of nitrogens with zero attached hydrogens (tertiary/aromatic N) is 2. The van der Waals surface area contributed by atoms with Crippen LogP contribution in [-0.4, -0.2) is 20.9 Å². The zero-order valence-corrected chi connectivity index (χ0v) is 6.73. The van der Waals surface area contributed by atoms with E-state index >= 15 is 0 Å². The highest BCUT2D eigenvalue weighted by Gasteiger charge is 1.96. The predicted molar refractivity (Wildman–Crippen MR) is 42.5 cm³/mol. The summed E-state index contributed by atoms with van der Waals surface area (Å²) >= 11 is 0. The number of aromatic nitrogens is 2. The summed E-state index contributed by atoms with van der Waals surface area (Å²) in [5.41, 5.74) is 0. The molecule has 4 nitrogen and oxygen atoms in total. The van der Waals surface area contributed by atoms with Gasteiger partial charge in [0.1, 0.15) is 0 Å². The molecule has 0 atom stereocenters. The molecule has 0 fully saturated rings. The van der Waals surface area contributed by atoms with Crippen molar-refractivity contribution in [2.45, 2.75) is 25.8 Å². The van der Waals surface area contributed by atoms with E-state index in [0.717, 1.165) is 13.0 Å². The number of carboxylic acid groups (broad SMARTS) is 1. The molecule has 0 aliphatic rings. The fourth-order valence-corrected chi connectivity index (χ4v) is 0.933. The third-order valence-corrected chi connectivity index (χ3v) is 1.53. The average molecular weight is 167 g/mol. The van der Waals surface area contributed by atoms with Gasteiger partial charge in [0.05, 0.1) is 6.20 Å². The summed E-state index contributed by atoms with van der Waals surface area (Å²) < 4.78 is 1.75. The lowest BCUT2D eigenvalue weighted by atomic mass is 10.2. The summed E-state index contributed by atoms with van der Waals surface area (Å²) in [4.78, 5) is 10.1. The topological polar surface area (TPSA) is 55.1 Å². The summed E-state index contributed by atoms with van der Waals surface area (Å²) in [7, 11) is 0. The second-order valence-corrected chi connectivity index (χ2v) is 2.55. The first-order chi connectivity index (χ1) is 5.79. The molecule has 0 spiro atoms. The smallest absolute Gasteiger partial charge is 0.303 e. The Morgan fingerprint density at radius 3 is 3.00 bits per heavy atom. The molecule has 0 saturated carbocycles. The molecule has 0 aliphatic heterocycles. The van der Waals surface area contributed by atoms with E-state index in [0.29, 0.717) is 6.42 Å². The summed E-state index contributed by atoms with van der Waals surface area (Å²) in [6, 6.07) is 2.81. The van der Waals surface area contributed by atoms with Crippen LogP contribution in [0.4, 0.5) is 0 Å². The molecule has 0 bridgehead atoms. The van der Waals surface area contributed by atoms with Crippen LogP contribution < -0.4 is 0 Å². The lowest BCUT2D eigenvalue weighted by Crippen LogP contribution is -2.00. The first-order valence-corrected chi connectivity index (χ1v) is 3.89. The zero-order valence-electron chi connectivity index (χ0n) is 6.73. The monoisotopic (exact) mass is 167 g/mol. The van der Waals surface area contributed by atoms with Crippen LogP contribution in [-0.2, 0) is 11.3 Å². The van der Waals surface area contributed by atoms with Gasteiger partial charge in [-0.3, -0.25) is 9.48 Å². The molecule has 4 heteroatoms. The van der Waals surface area contributed by atoms with Crippen molar-refractivity contribution in [2.75, 3.05) is 0 Å². The maximum Gasteiger partial charge on any atom is 0.303 e. The average Bonchev–Trinajstić information content (AvgIpc) is 2.49. The number of hydrogen-bond donors (Lipinski definition) is 1. The summed E-state index contributed by atoms with van der Waals surface area (Å²) in [6.45, 7) is 0.775. The van der Waals surface area contributed by atoms with Crippen LogP contribution in [0.2, 0.25) is 0 Å². The first-order valence-electron chi connectivity index (χ1n) is 3.89. The Kier molecular flexibility index (Phi) is 3.32. The van der Waals surface area contributed by atoms with Gasteiger partial charge in [-0.1, -0.05) is 0 Å². The van der Waals surface area contributed by atoms with Crippen LogP contribution >= 0.6 is 0 Å². The molecule has 1 aromatic rings. The molecule has 1 rings (SSSR count). The number of aryl methyl sites for hydroxylation is 1. The molecule has 0 aliphatic carbocycles. The molecule has 1 heterocycles. The highest BCUT2D eigenvalue weighted by molar-refractivity contribution is 5.66. The highest BCUT2D eigenvalue weighted by Crippen LogP contribution is 1.97. The van der Waals surface area contributed by atoms with Crippen molar-refractivity contribution in [1.82, 2.24) is 9.78 Å². The van der Waals surface area contributed by atoms with Crippen LogP contribution in [0.1, 0.15) is 19.3 Å². The van der Waals surface area contributed by atoms with Gasteiger partial charge in [0.25, 0.3) is 0 Å². The van der Waals surface area contributed by atoms with Gasteiger partial charge in [0.15, 0.2) is 0 Å². The van der Waals surface area contributed by atoms with E-state index in [1.54, 1.807) is 17.1 Å². The van der Waals surface area contributed by atoms with E-state index in [-0.39, 0.29) is 6.42 Å². The summed E-state index contributed by atoms with van der Waals surface area (Å²) in [5, 5.41) is 12.3. The Labute approximate surface area is 70.8 Å². The van der Waals surface area contributed by atoms with E-state index < -0.39 is 5.97 Å². The Bertz CT molecular complexity index is 231. The molecule has 0 amide bonds. The normalized spacial score (nSPS) is 10.0. The summed E-state index contributed by atoms with van der Waals surface area (Å²) in [6.07, 6.45) is 5.14. The van der Waals surface area contributed by atoms with Crippen molar-refractivity contribution in [3.8, 4) is 0 Å². The molecule has 0 aromatic carbocycles. The van der Waals surface area contributed by atoms with Gasteiger partial charge in [0.2, 0.25) is 0 Å². The largest absolute Gasteiger partial charge is 0.481 e. The quantitative estimate of drug-likeness (QED) is 0.664. The van der Waals surface area contributed by atoms with Crippen molar-refractivity contribution < 1.29 is 9.90 Å². The number of hydrogen-bond acceptors (Lipinski definition) is 2. The molecular weight excluding hydrogens is 156 g/mol. The van der Waals surface area contributed by atoms with E-state index in [1.165, 1.54) is 0 Å². The maximum absolute atomic E-state index is 10.1. The highest BCUT2D eigenvalue weighted by atomic mass is 16.4. The van der Waals surface area contributed by atoms with E-state index in [9.17, 15) is 4.79 Å².